The van der Waals surface area contributed by atoms with Crippen molar-refractivity contribution in [2.45, 2.75) is 51.8 Å². The molecule has 0 saturated carbocycles. The number of aliphatic hydroxyl groups is 1. The van der Waals surface area contributed by atoms with Crippen molar-refractivity contribution in [2.24, 2.45) is 4.99 Å². The molecule has 3 rings (SSSR count). The number of hydrogen-bond donors (Lipinski definition) is 1. The van der Waals surface area contributed by atoms with Gasteiger partial charge in [0.2, 0.25) is 0 Å². The molecule has 1 N–H and O–H groups in total. The second-order valence-electron chi connectivity index (χ2n) is 8.24. The molecule has 1 amide bonds. The average Bonchev–Trinajstić information content (AvgIpc) is 3.25. The summed E-state index contributed by atoms with van der Waals surface area (Å²) in [5.41, 5.74) is 0.289. The van der Waals surface area contributed by atoms with Gasteiger partial charge in [-0.2, -0.15) is 4.99 Å². The number of carbonyl (C=O) groups excluding carboxylic acids is 1. The summed E-state index contributed by atoms with van der Waals surface area (Å²) in [5, 5.41) is 10.5. The van der Waals surface area contributed by atoms with Crippen LogP contribution in [0.2, 0.25) is 5.02 Å². The molecule has 8 heteroatoms. The maximum Gasteiger partial charge on any atom is 0.283 e. The Morgan fingerprint density at radius 3 is 2.76 bits per heavy atom. The molecular formula is C21H28ClN3O3S. The number of nitrogens with zero attached hydrogens (tertiary/aromatic N) is 3. The van der Waals surface area contributed by atoms with Crippen LogP contribution in [0.15, 0.2) is 29.4 Å². The number of benzene rings is 1. The van der Waals surface area contributed by atoms with Gasteiger partial charge in [0.05, 0.1) is 12.7 Å². The number of aromatic nitrogens is 1. The van der Waals surface area contributed by atoms with E-state index in [9.17, 15) is 9.90 Å². The lowest BCUT2D eigenvalue weighted by Crippen LogP contribution is -2.33. The summed E-state index contributed by atoms with van der Waals surface area (Å²) >= 11 is 7.58. The number of amides is 1. The minimum atomic E-state index is -0.387. The molecule has 6 nitrogen and oxygen atoms in total. The van der Waals surface area contributed by atoms with Crippen molar-refractivity contribution < 1.29 is 14.6 Å². The van der Waals surface area contributed by atoms with E-state index in [1.165, 1.54) is 18.4 Å². The predicted molar refractivity (Wildman–Crippen MR) is 116 cm³/mol. The van der Waals surface area contributed by atoms with E-state index in [0.717, 1.165) is 24.3 Å². The first-order valence-corrected chi connectivity index (χ1v) is 10.9. The van der Waals surface area contributed by atoms with Crippen molar-refractivity contribution in [3.8, 4) is 5.75 Å². The van der Waals surface area contributed by atoms with Crippen molar-refractivity contribution >= 4 is 28.8 Å². The molecule has 1 aromatic carbocycles. The van der Waals surface area contributed by atoms with Crippen LogP contribution in [-0.4, -0.2) is 46.9 Å². The molecule has 158 valence electrons. The van der Waals surface area contributed by atoms with Crippen LogP contribution in [0.1, 0.15) is 48.8 Å². The molecule has 1 atom stereocenters. The van der Waals surface area contributed by atoms with Gasteiger partial charge in [0, 0.05) is 35.7 Å². The number of thiazole rings is 1. The average molecular weight is 438 g/mol. The topological polar surface area (TPSA) is 67.1 Å². The maximum atomic E-state index is 12.9. The molecule has 0 radical (unpaired) electrons. The molecule has 2 heterocycles. The van der Waals surface area contributed by atoms with Gasteiger partial charge in [0.1, 0.15) is 12.0 Å². The van der Waals surface area contributed by atoms with Gasteiger partial charge in [0.25, 0.3) is 5.91 Å². The van der Waals surface area contributed by atoms with Crippen LogP contribution >= 0.6 is 22.9 Å². The zero-order valence-corrected chi connectivity index (χ0v) is 18.9. The highest BCUT2D eigenvalue weighted by atomic mass is 35.5. The molecule has 0 bridgehead atoms. The summed E-state index contributed by atoms with van der Waals surface area (Å²) in [5.74, 6) is 0.0594. The van der Waals surface area contributed by atoms with Crippen LogP contribution in [-0.2, 0) is 12.0 Å². The Morgan fingerprint density at radius 2 is 2.14 bits per heavy atom. The third-order valence-corrected chi connectivity index (χ3v) is 6.69. The van der Waals surface area contributed by atoms with E-state index in [2.05, 4.69) is 36.9 Å². The van der Waals surface area contributed by atoms with E-state index >= 15 is 0 Å². The number of ether oxygens (including phenoxy) is 1. The normalized spacial score (nSPS) is 18.4. The first-order valence-electron chi connectivity index (χ1n) is 9.74. The van der Waals surface area contributed by atoms with Crippen molar-refractivity contribution in [2.75, 3.05) is 20.2 Å². The SMILES string of the molecule is COc1ccc(Cl)cc1C(=O)N=c1sc(C(C)(C)C)cn1CCN1CCCC1O. The Kier molecular flexibility index (Phi) is 6.83. The smallest absolute Gasteiger partial charge is 0.283 e. The Hall–Kier alpha value is -1.67. The van der Waals surface area contributed by atoms with Gasteiger partial charge in [-0.15, -0.1) is 11.3 Å². The van der Waals surface area contributed by atoms with Gasteiger partial charge < -0.3 is 14.4 Å². The quantitative estimate of drug-likeness (QED) is 0.775. The third kappa shape index (κ3) is 5.28. The molecule has 1 saturated heterocycles. The molecule has 1 aliphatic heterocycles. The van der Waals surface area contributed by atoms with Gasteiger partial charge in [-0.3, -0.25) is 9.69 Å². The number of halogens is 1. The minimum absolute atomic E-state index is 0.0515. The molecule has 2 aromatic rings. The van der Waals surface area contributed by atoms with Gasteiger partial charge in [-0.25, -0.2) is 0 Å². The van der Waals surface area contributed by atoms with E-state index in [1.54, 1.807) is 18.2 Å². The highest BCUT2D eigenvalue weighted by Gasteiger charge is 2.23. The molecule has 1 unspecified atom stereocenters. The molecule has 1 fully saturated rings. The summed E-state index contributed by atoms with van der Waals surface area (Å²) in [6.07, 6.45) is 3.50. The van der Waals surface area contributed by atoms with E-state index in [4.69, 9.17) is 16.3 Å². The van der Waals surface area contributed by atoms with Crippen LogP contribution in [0.5, 0.6) is 5.75 Å². The molecule has 0 spiro atoms. The van der Waals surface area contributed by atoms with Crippen LogP contribution in [0.4, 0.5) is 0 Å². The van der Waals surface area contributed by atoms with E-state index in [1.807, 2.05) is 4.57 Å². The van der Waals surface area contributed by atoms with Gasteiger partial charge in [0.15, 0.2) is 4.80 Å². The highest BCUT2D eigenvalue weighted by Crippen LogP contribution is 2.26. The number of aliphatic hydroxyl groups excluding tert-OH is 1. The van der Waals surface area contributed by atoms with Gasteiger partial charge in [-0.05, 0) is 36.5 Å². The van der Waals surface area contributed by atoms with Gasteiger partial charge >= 0.3 is 0 Å². The maximum absolute atomic E-state index is 12.9. The van der Waals surface area contributed by atoms with Crippen LogP contribution < -0.4 is 9.54 Å². The Morgan fingerprint density at radius 1 is 1.38 bits per heavy atom. The summed E-state index contributed by atoms with van der Waals surface area (Å²) in [6, 6.07) is 4.93. The highest BCUT2D eigenvalue weighted by molar-refractivity contribution is 7.09. The van der Waals surface area contributed by atoms with Crippen molar-refractivity contribution in [3.05, 3.63) is 44.7 Å². The van der Waals surface area contributed by atoms with Crippen LogP contribution in [0, 0.1) is 0 Å². The lowest BCUT2D eigenvalue weighted by molar-refractivity contribution is 0.0360. The number of carbonyl (C=O) groups is 1. The summed E-state index contributed by atoms with van der Waals surface area (Å²) < 4.78 is 7.30. The molecule has 1 aromatic heterocycles. The fourth-order valence-electron chi connectivity index (χ4n) is 3.27. The van der Waals surface area contributed by atoms with Crippen molar-refractivity contribution in [1.29, 1.82) is 0 Å². The van der Waals surface area contributed by atoms with Gasteiger partial charge in [-0.1, -0.05) is 32.4 Å². The zero-order chi connectivity index (χ0) is 21.2. The minimum Gasteiger partial charge on any atom is -0.496 e. The van der Waals surface area contributed by atoms with Crippen LogP contribution in [0.25, 0.3) is 0 Å². The monoisotopic (exact) mass is 437 g/mol. The first-order chi connectivity index (χ1) is 13.7. The first kappa shape index (κ1) is 22.0. The number of likely N-dealkylation sites (tertiary alicyclic amines) is 1. The molecule has 1 aliphatic rings. The second-order valence-corrected chi connectivity index (χ2v) is 9.69. The number of hydrogen-bond acceptors (Lipinski definition) is 5. The van der Waals surface area contributed by atoms with Crippen molar-refractivity contribution in [1.82, 2.24) is 9.47 Å². The number of methoxy groups -OCH3 is 1. The van der Waals surface area contributed by atoms with E-state index < -0.39 is 0 Å². The van der Waals surface area contributed by atoms with E-state index in [-0.39, 0.29) is 17.6 Å². The molecule has 29 heavy (non-hydrogen) atoms. The fraction of sp³-hybridized carbons (Fsp3) is 0.524. The molecular weight excluding hydrogens is 410 g/mol. The lowest BCUT2D eigenvalue weighted by atomic mass is 9.95. The summed E-state index contributed by atoms with van der Waals surface area (Å²) in [4.78, 5) is 21.1. The molecule has 0 aliphatic carbocycles. The Bertz CT molecular complexity index is 945. The number of rotatable bonds is 5. The van der Waals surface area contributed by atoms with E-state index in [0.29, 0.717) is 34.2 Å². The summed E-state index contributed by atoms with van der Waals surface area (Å²) in [6.45, 7) is 8.67. The largest absolute Gasteiger partial charge is 0.496 e. The second kappa shape index (κ2) is 9.00. The summed E-state index contributed by atoms with van der Waals surface area (Å²) in [7, 11) is 1.52. The predicted octanol–water partition coefficient (Wildman–Crippen LogP) is 3.66. The lowest BCUT2D eigenvalue weighted by Gasteiger charge is -2.20. The third-order valence-electron chi connectivity index (χ3n) is 5.01. The Balaban J connectivity index is 1.95. The van der Waals surface area contributed by atoms with Crippen LogP contribution in [0.3, 0.4) is 0 Å². The van der Waals surface area contributed by atoms with Crippen molar-refractivity contribution in [3.63, 3.8) is 0 Å². The Labute approximate surface area is 180 Å². The fourth-order valence-corrected chi connectivity index (χ4v) is 4.52. The zero-order valence-electron chi connectivity index (χ0n) is 17.3. The standard InChI is InChI=1S/C21H28ClN3O3S/c1-21(2,3)17-13-25(11-10-24-9-5-6-18(24)26)20(29-17)23-19(27)15-12-14(22)7-8-16(15)28-4/h7-8,12-13,18,26H,5-6,9-11H2,1-4H3.